The van der Waals surface area contributed by atoms with E-state index >= 15 is 0 Å². The van der Waals surface area contributed by atoms with E-state index in [9.17, 15) is 8.42 Å². The van der Waals surface area contributed by atoms with Gasteiger partial charge in [-0.2, -0.15) is 4.98 Å². The predicted molar refractivity (Wildman–Crippen MR) is 129 cm³/mol. The maximum Gasteiger partial charge on any atom is 0.231 e. The molecule has 0 aliphatic rings. The lowest BCUT2D eigenvalue weighted by atomic mass is 10.2. The van der Waals surface area contributed by atoms with Crippen molar-refractivity contribution in [2.24, 2.45) is 0 Å². The standard InChI is InChI=1S/C23H23N5O3S/c1-28(32(3,29)30)18-11-9-17(10-12-18)25-23-26-21-14-13-19(31-2)15-20(21)22(27-23)24-16-7-5-4-6-8-16/h4-15H,1-3H3,(H2,24,25,26,27). The van der Waals surface area contributed by atoms with E-state index in [-0.39, 0.29) is 0 Å². The highest BCUT2D eigenvalue weighted by molar-refractivity contribution is 7.92. The highest BCUT2D eigenvalue weighted by Gasteiger charge is 2.13. The molecule has 0 radical (unpaired) electrons. The summed E-state index contributed by atoms with van der Waals surface area (Å²) in [4.78, 5) is 9.29. The lowest BCUT2D eigenvalue weighted by Crippen LogP contribution is -2.24. The number of fused-ring (bicyclic) bond motifs is 1. The molecule has 0 aliphatic carbocycles. The first-order valence-electron chi connectivity index (χ1n) is 9.82. The van der Waals surface area contributed by atoms with Crippen LogP contribution in [0.4, 0.5) is 28.8 Å². The van der Waals surface area contributed by atoms with Crippen molar-refractivity contribution in [2.75, 3.05) is 35.4 Å². The van der Waals surface area contributed by atoms with Gasteiger partial charge >= 0.3 is 0 Å². The van der Waals surface area contributed by atoms with Gasteiger partial charge in [0.05, 0.1) is 24.6 Å². The number of hydrogen-bond acceptors (Lipinski definition) is 7. The van der Waals surface area contributed by atoms with E-state index in [1.165, 1.54) is 17.6 Å². The molecular formula is C23H23N5O3S. The number of nitrogens with zero attached hydrogens (tertiary/aromatic N) is 3. The van der Waals surface area contributed by atoms with Crippen LogP contribution in [0.3, 0.4) is 0 Å². The Labute approximate surface area is 186 Å². The molecule has 0 aliphatic heterocycles. The van der Waals surface area contributed by atoms with Crippen LogP contribution in [0.1, 0.15) is 0 Å². The first-order valence-corrected chi connectivity index (χ1v) is 11.7. The number of aromatic nitrogens is 2. The zero-order valence-corrected chi connectivity index (χ0v) is 18.7. The fraction of sp³-hybridized carbons (Fsp3) is 0.130. The minimum atomic E-state index is -3.32. The zero-order valence-electron chi connectivity index (χ0n) is 17.9. The topological polar surface area (TPSA) is 96.5 Å². The maximum atomic E-state index is 11.7. The largest absolute Gasteiger partial charge is 0.497 e. The van der Waals surface area contributed by atoms with Gasteiger partial charge in [0, 0.05) is 23.8 Å². The first-order chi connectivity index (χ1) is 15.3. The van der Waals surface area contributed by atoms with Crippen LogP contribution in [-0.4, -0.2) is 38.8 Å². The lowest BCUT2D eigenvalue weighted by molar-refractivity contribution is 0.415. The smallest absolute Gasteiger partial charge is 0.231 e. The van der Waals surface area contributed by atoms with Gasteiger partial charge < -0.3 is 15.4 Å². The average molecular weight is 450 g/mol. The molecule has 0 unspecified atom stereocenters. The molecule has 3 aromatic carbocycles. The van der Waals surface area contributed by atoms with Crippen LogP contribution in [0, 0.1) is 0 Å². The third-order valence-corrected chi connectivity index (χ3v) is 6.13. The summed E-state index contributed by atoms with van der Waals surface area (Å²) in [6.45, 7) is 0. The van der Waals surface area contributed by atoms with E-state index in [1.54, 1.807) is 31.4 Å². The Kier molecular flexibility index (Phi) is 5.83. The van der Waals surface area contributed by atoms with Crippen molar-refractivity contribution in [3.05, 3.63) is 72.8 Å². The minimum absolute atomic E-state index is 0.408. The van der Waals surface area contributed by atoms with Gasteiger partial charge in [0.2, 0.25) is 16.0 Å². The molecule has 0 saturated heterocycles. The van der Waals surface area contributed by atoms with Crippen molar-refractivity contribution >= 4 is 49.8 Å². The molecule has 32 heavy (non-hydrogen) atoms. The van der Waals surface area contributed by atoms with E-state index in [0.29, 0.717) is 23.2 Å². The molecule has 9 heteroatoms. The molecule has 1 heterocycles. The summed E-state index contributed by atoms with van der Waals surface area (Å²) in [6.07, 6.45) is 1.17. The summed E-state index contributed by atoms with van der Waals surface area (Å²) in [7, 11) is -0.191. The summed E-state index contributed by atoms with van der Waals surface area (Å²) < 4.78 is 30.1. The molecule has 2 N–H and O–H groups in total. The molecule has 164 valence electrons. The van der Waals surface area contributed by atoms with E-state index in [0.717, 1.165) is 22.3 Å². The van der Waals surface area contributed by atoms with Crippen LogP contribution < -0.4 is 19.7 Å². The summed E-state index contributed by atoms with van der Waals surface area (Å²) >= 11 is 0. The molecule has 0 fully saturated rings. The van der Waals surface area contributed by atoms with E-state index in [4.69, 9.17) is 4.74 Å². The van der Waals surface area contributed by atoms with Crippen LogP contribution in [0.25, 0.3) is 10.9 Å². The molecule has 0 saturated carbocycles. The fourth-order valence-corrected chi connectivity index (χ4v) is 3.62. The van der Waals surface area contributed by atoms with Crippen molar-refractivity contribution in [2.45, 2.75) is 0 Å². The number of ether oxygens (including phenoxy) is 1. The Balaban J connectivity index is 1.68. The molecule has 0 atom stereocenters. The predicted octanol–water partition coefficient (Wildman–Crippen LogP) is 4.52. The average Bonchev–Trinajstić information content (AvgIpc) is 2.79. The van der Waals surface area contributed by atoms with Gasteiger partial charge in [-0.3, -0.25) is 4.31 Å². The van der Waals surface area contributed by atoms with Gasteiger partial charge in [-0.25, -0.2) is 13.4 Å². The van der Waals surface area contributed by atoms with Crippen LogP contribution >= 0.6 is 0 Å². The second-order valence-electron chi connectivity index (χ2n) is 7.17. The van der Waals surface area contributed by atoms with Crippen LogP contribution in [0.15, 0.2) is 72.8 Å². The van der Waals surface area contributed by atoms with E-state index in [1.807, 2.05) is 48.5 Å². The zero-order chi connectivity index (χ0) is 22.7. The SMILES string of the molecule is COc1ccc2nc(Nc3ccc(N(C)S(C)(=O)=O)cc3)nc(Nc3ccccc3)c2c1. The second-order valence-corrected chi connectivity index (χ2v) is 9.19. The monoisotopic (exact) mass is 449 g/mol. The van der Waals surface area contributed by atoms with Crippen molar-refractivity contribution in [3.8, 4) is 5.75 Å². The fourth-order valence-electron chi connectivity index (χ4n) is 3.12. The van der Waals surface area contributed by atoms with E-state index < -0.39 is 10.0 Å². The first kappa shape index (κ1) is 21.4. The van der Waals surface area contributed by atoms with Crippen molar-refractivity contribution in [3.63, 3.8) is 0 Å². The second kappa shape index (κ2) is 8.72. The Morgan fingerprint density at radius 1 is 0.875 bits per heavy atom. The number of hydrogen-bond donors (Lipinski definition) is 2. The summed E-state index contributed by atoms with van der Waals surface area (Å²) in [6, 6.07) is 22.4. The summed E-state index contributed by atoms with van der Waals surface area (Å²) in [5.41, 5.74) is 2.94. The van der Waals surface area contributed by atoms with Crippen molar-refractivity contribution in [1.82, 2.24) is 9.97 Å². The minimum Gasteiger partial charge on any atom is -0.497 e. The third kappa shape index (κ3) is 4.73. The van der Waals surface area contributed by atoms with Crippen LogP contribution in [0.2, 0.25) is 0 Å². The molecule has 8 nitrogen and oxygen atoms in total. The number of rotatable bonds is 7. The highest BCUT2D eigenvalue weighted by Crippen LogP contribution is 2.29. The van der Waals surface area contributed by atoms with Gasteiger partial charge in [0.1, 0.15) is 11.6 Å². The van der Waals surface area contributed by atoms with Crippen molar-refractivity contribution < 1.29 is 13.2 Å². The van der Waals surface area contributed by atoms with Gasteiger partial charge in [-0.1, -0.05) is 18.2 Å². The van der Waals surface area contributed by atoms with Gasteiger partial charge in [0.15, 0.2) is 0 Å². The number of para-hydroxylation sites is 1. The molecular weight excluding hydrogens is 426 g/mol. The molecule has 0 bridgehead atoms. The Bertz CT molecular complexity index is 1340. The number of anilines is 5. The number of benzene rings is 3. The third-order valence-electron chi connectivity index (χ3n) is 4.92. The number of methoxy groups -OCH3 is 1. The molecule has 4 aromatic rings. The Morgan fingerprint density at radius 3 is 2.22 bits per heavy atom. The van der Waals surface area contributed by atoms with Gasteiger partial charge in [0.25, 0.3) is 0 Å². The quantitative estimate of drug-likeness (QED) is 0.428. The van der Waals surface area contributed by atoms with Gasteiger partial charge in [-0.05, 0) is 54.6 Å². The Hall–Kier alpha value is -3.85. The highest BCUT2D eigenvalue weighted by atomic mass is 32.2. The van der Waals surface area contributed by atoms with Crippen LogP contribution in [-0.2, 0) is 10.0 Å². The molecule has 0 amide bonds. The summed E-state index contributed by atoms with van der Waals surface area (Å²) in [5, 5.41) is 7.36. The summed E-state index contributed by atoms with van der Waals surface area (Å²) in [5.74, 6) is 1.75. The number of sulfonamides is 1. The molecule has 1 aromatic heterocycles. The Morgan fingerprint density at radius 2 is 1.56 bits per heavy atom. The lowest BCUT2D eigenvalue weighted by Gasteiger charge is -2.17. The molecule has 4 rings (SSSR count). The molecule has 0 spiro atoms. The van der Waals surface area contributed by atoms with Crippen molar-refractivity contribution in [1.29, 1.82) is 0 Å². The number of nitrogens with one attached hydrogen (secondary N) is 2. The maximum absolute atomic E-state index is 11.7. The van der Waals surface area contributed by atoms with Crippen LogP contribution in [0.5, 0.6) is 5.75 Å². The van der Waals surface area contributed by atoms with Gasteiger partial charge in [-0.15, -0.1) is 0 Å². The van der Waals surface area contributed by atoms with E-state index in [2.05, 4.69) is 20.6 Å². The normalized spacial score (nSPS) is 11.2.